The fourth-order valence-electron chi connectivity index (χ4n) is 1.54. The molecule has 120 valence electrons. The zero-order valence-electron chi connectivity index (χ0n) is 12.9. The normalized spacial score (nSPS) is 11.0. The van der Waals surface area contributed by atoms with E-state index in [2.05, 4.69) is 10.1 Å². The molecule has 0 atom stereocenters. The van der Waals surface area contributed by atoms with Crippen LogP contribution < -0.4 is 5.46 Å². The Balaban J connectivity index is 0.00000116. The standard InChI is InChI=1S/C10H13BN4O4S.C2H6/c1-14(2)20(18,19)15-7-8(11(16)17)10(13-15)9-5-3-4-6-12-9;1-2/h3-7,16-17H,1-2H3;1-2H3. The molecule has 0 aromatic carbocycles. The van der Waals surface area contributed by atoms with Crippen LogP contribution >= 0.6 is 0 Å². The molecule has 0 amide bonds. The average molecular weight is 326 g/mol. The third kappa shape index (κ3) is 3.71. The van der Waals surface area contributed by atoms with Gasteiger partial charge < -0.3 is 10.0 Å². The van der Waals surface area contributed by atoms with Gasteiger partial charge in [0.05, 0.1) is 5.69 Å². The molecule has 0 aliphatic heterocycles. The maximum atomic E-state index is 12.0. The Bertz CT molecular complexity index is 701. The topological polar surface area (TPSA) is 109 Å². The van der Waals surface area contributed by atoms with Crippen molar-refractivity contribution < 1.29 is 18.5 Å². The van der Waals surface area contributed by atoms with E-state index in [1.807, 2.05) is 13.8 Å². The minimum Gasteiger partial charge on any atom is -0.423 e. The second kappa shape index (κ2) is 7.50. The highest BCUT2D eigenvalue weighted by Gasteiger charge is 2.27. The molecule has 8 nitrogen and oxygen atoms in total. The maximum Gasteiger partial charge on any atom is 0.492 e. The van der Waals surface area contributed by atoms with Gasteiger partial charge in [0.1, 0.15) is 5.69 Å². The van der Waals surface area contributed by atoms with Crippen LogP contribution in [0.25, 0.3) is 11.4 Å². The van der Waals surface area contributed by atoms with Crippen LogP contribution in [0.5, 0.6) is 0 Å². The van der Waals surface area contributed by atoms with Crippen molar-refractivity contribution in [2.24, 2.45) is 0 Å². The van der Waals surface area contributed by atoms with E-state index < -0.39 is 17.3 Å². The molecule has 10 heteroatoms. The van der Waals surface area contributed by atoms with Crippen LogP contribution in [0.4, 0.5) is 0 Å². The summed E-state index contributed by atoms with van der Waals surface area (Å²) >= 11 is 0. The van der Waals surface area contributed by atoms with Crippen LogP contribution in [0.2, 0.25) is 0 Å². The number of rotatable bonds is 4. The molecule has 2 aromatic rings. The van der Waals surface area contributed by atoms with Crippen molar-refractivity contribution in [1.82, 2.24) is 18.5 Å². The highest BCUT2D eigenvalue weighted by Crippen LogP contribution is 2.13. The quantitative estimate of drug-likeness (QED) is 0.720. The van der Waals surface area contributed by atoms with Gasteiger partial charge >= 0.3 is 17.3 Å². The number of aromatic nitrogens is 3. The minimum atomic E-state index is -3.83. The maximum absolute atomic E-state index is 12.0. The van der Waals surface area contributed by atoms with E-state index >= 15 is 0 Å². The molecule has 0 saturated heterocycles. The molecule has 0 aliphatic carbocycles. The Labute approximate surface area is 130 Å². The Morgan fingerprint density at radius 1 is 1.23 bits per heavy atom. The van der Waals surface area contributed by atoms with Crippen LogP contribution in [-0.4, -0.2) is 58.2 Å². The smallest absolute Gasteiger partial charge is 0.423 e. The summed E-state index contributed by atoms with van der Waals surface area (Å²) < 4.78 is 25.6. The minimum absolute atomic E-state index is 0.0332. The summed E-state index contributed by atoms with van der Waals surface area (Å²) in [6.45, 7) is 4.00. The first-order valence-corrected chi connectivity index (χ1v) is 8.04. The predicted octanol–water partition coefficient (Wildman–Crippen LogP) is -0.694. The fraction of sp³-hybridized carbons (Fsp3) is 0.333. The lowest BCUT2D eigenvalue weighted by Gasteiger charge is -2.10. The van der Waals surface area contributed by atoms with Crippen LogP contribution in [0.3, 0.4) is 0 Å². The van der Waals surface area contributed by atoms with Gasteiger partial charge in [-0.15, -0.1) is 0 Å². The van der Waals surface area contributed by atoms with E-state index in [1.54, 1.807) is 18.2 Å². The Morgan fingerprint density at radius 3 is 2.32 bits per heavy atom. The van der Waals surface area contributed by atoms with Gasteiger partial charge in [-0.1, -0.05) is 19.9 Å². The molecule has 2 aromatic heterocycles. The number of nitrogens with zero attached hydrogens (tertiary/aromatic N) is 4. The SMILES string of the molecule is CC.CN(C)S(=O)(=O)n1cc(B(O)O)c(-c2ccccn2)n1. The van der Waals surface area contributed by atoms with Gasteiger partial charge in [0.25, 0.3) is 0 Å². The molecule has 2 rings (SSSR count). The molecule has 0 spiro atoms. The van der Waals surface area contributed by atoms with Crippen LogP contribution in [0.15, 0.2) is 30.6 Å². The average Bonchev–Trinajstić information content (AvgIpc) is 2.96. The molecular weight excluding hydrogens is 307 g/mol. The summed E-state index contributed by atoms with van der Waals surface area (Å²) in [5.74, 6) is 0. The molecular formula is C12H19BN4O4S. The number of hydrogen-bond donors (Lipinski definition) is 2. The molecule has 0 radical (unpaired) electrons. The van der Waals surface area contributed by atoms with Gasteiger partial charge in [-0.2, -0.15) is 21.9 Å². The summed E-state index contributed by atoms with van der Waals surface area (Å²) in [7, 11) is -2.97. The first kappa shape index (κ1) is 18.3. The zero-order chi connectivity index (χ0) is 16.9. The van der Waals surface area contributed by atoms with E-state index in [0.717, 1.165) is 10.5 Å². The summed E-state index contributed by atoms with van der Waals surface area (Å²) in [5.41, 5.74) is 0.420. The van der Waals surface area contributed by atoms with Crippen LogP contribution in [-0.2, 0) is 10.2 Å². The molecule has 0 aliphatic rings. The van der Waals surface area contributed by atoms with Gasteiger partial charge in [-0.05, 0) is 12.1 Å². The largest absolute Gasteiger partial charge is 0.492 e. The molecule has 0 saturated carbocycles. The van der Waals surface area contributed by atoms with Crippen LogP contribution in [0, 0.1) is 0 Å². The van der Waals surface area contributed by atoms with Crippen molar-refractivity contribution in [3.63, 3.8) is 0 Å². The van der Waals surface area contributed by atoms with Gasteiger partial charge in [0.2, 0.25) is 0 Å². The molecule has 0 bridgehead atoms. The molecule has 22 heavy (non-hydrogen) atoms. The van der Waals surface area contributed by atoms with Gasteiger partial charge in [0, 0.05) is 32.0 Å². The Kier molecular flexibility index (Phi) is 6.24. The third-order valence-electron chi connectivity index (χ3n) is 2.61. The van der Waals surface area contributed by atoms with Crippen molar-refractivity contribution in [3.05, 3.63) is 30.6 Å². The summed E-state index contributed by atoms with van der Waals surface area (Å²) in [4.78, 5) is 4.03. The number of pyridine rings is 1. The van der Waals surface area contributed by atoms with Crippen molar-refractivity contribution in [3.8, 4) is 11.4 Å². The molecule has 0 unspecified atom stereocenters. The van der Waals surface area contributed by atoms with E-state index in [0.29, 0.717) is 9.78 Å². The van der Waals surface area contributed by atoms with Gasteiger partial charge in [-0.3, -0.25) is 4.98 Å². The Hall–Kier alpha value is -1.75. The second-order valence-corrected chi connectivity index (χ2v) is 6.18. The molecule has 0 fully saturated rings. The van der Waals surface area contributed by atoms with Crippen molar-refractivity contribution in [1.29, 1.82) is 0 Å². The first-order chi connectivity index (χ1) is 10.3. The molecule has 2 heterocycles. The zero-order valence-corrected chi connectivity index (χ0v) is 13.7. The van der Waals surface area contributed by atoms with Gasteiger partial charge in [-0.25, -0.2) is 0 Å². The van der Waals surface area contributed by atoms with Crippen molar-refractivity contribution >= 4 is 22.8 Å². The first-order valence-electron chi connectivity index (χ1n) is 6.64. The summed E-state index contributed by atoms with van der Waals surface area (Å²) in [6, 6.07) is 4.97. The second-order valence-electron chi connectivity index (χ2n) is 4.18. The Morgan fingerprint density at radius 2 is 1.86 bits per heavy atom. The lowest BCUT2D eigenvalue weighted by molar-refractivity contribution is 0.426. The van der Waals surface area contributed by atoms with Crippen molar-refractivity contribution in [2.75, 3.05) is 14.1 Å². The fourth-order valence-corrected chi connectivity index (χ4v) is 2.31. The lowest BCUT2D eigenvalue weighted by Crippen LogP contribution is -2.32. The third-order valence-corrected chi connectivity index (χ3v) is 4.19. The monoisotopic (exact) mass is 326 g/mol. The van der Waals surface area contributed by atoms with E-state index in [9.17, 15) is 18.5 Å². The lowest BCUT2D eigenvalue weighted by atomic mass is 9.80. The van der Waals surface area contributed by atoms with Gasteiger partial charge in [0.15, 0.2) is 0 Å². The molecule has 2 N–H and O–H groups in total. The number of hydrogen-bond acceptors (Lipinski definition) is 6. The highest BCUT2D eigenvalue weighted by atomic mass is 32.2. The van der Waals surface area contributed by atoms with E-state index in [4.69, 9.17) is 0 Å². The van der Waals surface area contributed by atoms with Crippen LogP contribution in [0.1, 0.15) is 13.8 Å². The highest BCUT2D eigenvalue weighted by molar-refractivity contribution is 7.87. The van der Waals surface area contributed by atoms with E-state index in [1.165, 1.54) is 20.3 Å². The predicted molar refractivity (Wildman–Crippen MR) is 84.6 cm³/mol. The van der Waals surface area contributed by atoms with Crippen molar-refractivity contribution in [2.45, 2.75) is 13.8 Å². The summed E-state index contributed by atoms with van der Waals surface area (Å²) in [5, 5.41) is 22.6. The van der Waals surface area contributed by atoms with E-state index in [-0.39, 0.29) is 11.2 Å². The summed E-state index contributed by atoms with van der Waals surface area (Å²) in [6.07, 6.45) is 2.56.